The average molecular weight is 212 g/mol. The lowest BCUT2D eigenvalue weighted by Crippen LogP contribution is -2.26. The summed E-state index contributed by atoms with van der Waals surface area (Å²) >= 11 is 0. The highest BCUT2D eigenvalue weighted by Crippen LogP contribution is 2.20. The number of nitrogens with one attached hydrogen (secondary N) is 1. The van der Waals surface area contributed by atoms with Gasteiger partial charge in [-0.2, -0.15) is 0 Å². The number of hydrogen-bond donors (Lipinski definition) is 1. The lowest BCUT2D eigenvalue weighted by atomic mass is 10.0. The first-order chi connectivity index (χ1) is 6.59. The number of sulfonamides is 1. The zero-order valence-corrected chi connectivity index (χ0v) is 8.71. The maximum Gasteiger partial charge on any atom is 0.242 e. The van der Waals surface area contributed by atoms with E-state index >= 15 is 0 Å². The fourth-order valence-electron chi connectivity index (χ4n) is 1.60. The molecule has 0 radical (unpaired) electrons. The number of aromatic nitrogens is 1. The topological polar surface area (TPSA) is 59.1 Å². The van der Waals surface area contributed by atoms with E-state index in [4.69, 9.17) is 0 Å². The van der Waals surface area contributed by atoms with Gasteiger partial charge in [-0.05, 0) is 24.0 Å². The summed E-state index contributed by atoms with van der Waals surface area (Å²) in [4.78, 5) is 4.16. The molecule has 4 nitrogen and oxygen atoms in total. The van der Waals surface area contributed by atoms with Crippen molar-refractivity contribution in [3.8, 4) is 0 Å². The van der Waals surface area contributed by atoms with Crippen LogP contribution < -0.4 is 4.72 Å². The molecule has 1 atom stereocenters. The molecule has 76 valence electrons. The van der Waals surface area contributed by atoms with Crippen LogP contribution in [-0.2, 0) is 16.4 Å². The van der Waals surface area contributed by atoms with E-state index in [9.17, 15) is 8.42 Å². The molecular formula is C9H12N2O2S. The minimum absolute atomic E-state index is 0.323. The highest BCUT2D eigenvalue weighted by atomic mass is 32.2. The van der Waals surface area contributed by atoms with Crippen molar-refractivity contribution in [1.82, 2.24) is 9.71 Å². The van der Waals surface area contributed by atoms with Crippen molar-refractivity contribution in [2.24, 2.45) is 5.92 Å². The fourth-order valence-corrected chi connectivity index (χ4v) is 2.95. The Kier molecular flexibility index (Phi) is 2.28. The van der Waals surface area contributed by atoms with Gasteiger partial charge in [0.2, 0.25) is 10.0 Å². The molecule has 5 heteroatoms. The summed E-state index contributed by atoms with van der Waals surface area (Å²) in [6.45, 7) is 2.52. The highest BCUT2D eigenvalue weighted by molar-refractivity contribution is 7.89. The monoisotopic (exact) mass is 212 g/mol. The van der Waals surface area contributed by atoms with Crippen molar-refractivity contribution in [3.05, 3.63) is 24.0 Å². The molecule has 2 heterocycles. The second kappa shape index (κ2) is 3.33. The zero-order valence-electron chi connectivity index (χ0n) is 7.90. The van der Waals surface area contributed by atoms with Crippen molar-refractivity contribution in [1.29, 1.82) is 0 Å². The summed E-state index contributed by atoms with van der Waals surface area (Å²) in [6.07, 6.45) is 3.83. The normalized spacial score (nSPS) is 25.1. The van der Waals surface area contributed by atoms with Gasteiger partial charge in [-0.25, -0.2) is 13.1 Å². The van der Waals surface area contributed by atoms with Gasteiger partial charge in [-0.15, -0.1) is 0 Å². The number of hydrogen-bond acceptors (Lipinski definition) is 3. The van der Waals surface area contributed by atoms with E-state index in [1.54, 1.807) is 12.3 Å². The highest BCUT2D eigenvalue weighted by Gasteiger charge is 2.23. The summed E-state index contributed by atoms with van der Waals surface area (Å²) in [7, 11) is -3.32. The Bertz CT molecular complexity index is 442. The van der Waals surface area contributed by atoms with Gasteiger partial charge in [-0.1, -0.05) is 6.92 Å². The van der Waals surface area contributed by atoms with E-state index < -0.39 is 10.0 Å². The molecule has 1 aromatic heterocycles. The Labute approximate surface area is 83.4 Å². The molecule has 0 fully saturated rings. The van der Waals surface area contributed by atoms with Crippen LogP contribution in [0.2, 0.25) is 0 Å². The molecule has 1 aliphatic heterocycles. The van der Waals surface area contributed by atoms with Crippen LogP contribution in [0.4, 0.5) is 0 Å². The van der Waals surface area contributed by atoms with Gasteiger partial charge < -0.3 is 0 Å². The van der Waals surface area contributed by atoms with Gasteiger partial charge in [0.05, 0.1) is 0 Å². The first-order valence-electron chi connectivity index (χ1n) is 4.52. The first kappa shape index (κ1) is 9.61. The lowest BCUT2D eigenvalue weighted by molar-refractivity contribution is 0.552. The molecule has 1 aromatic rings. The van der Waals surface area contributed by atoms with Crippen molar-refractivity contribution < 1.29 is 8.42 Å². The number of rotatable bonds is 0. The Morgan fingerprint density at radius 1 is 1.57 bits per heavy atom. The molecule has 0 amide bonds. The largest absolute Gasteiger partial charge is 0.263 e. The van der Waals surface area contributed by atoms with Gasteiger partial charge in [0, 0.05) is 18.9 Å². The molecule has 0 bridgehead atoms. The minimum Gasteiger partial charge on any atom is -0.263 e. The van der Waals surface area contributed by atoms with Gasteiger partial charge in [0.1, 0.15) is 4.90 Å². The quantitative estimate of drug-likeness (QED) is 0.683. The average Bonchev–Trinajstić information content (AvgIpc) is 2.25. The number of nitrogens with zero attached hydrogens (tertiary/aromatic N) is 1. The number of fused-ring (bicyclic) bond motifs is 1. The molecule has 2 rings (SSSR count). The van der Waals surface area contributed by atoms with Gasteiger partial charge in [-0.3, -0.25) is 4.98 Å². The van der Waals surface area contributed by atoms with E-state index in [1.807, 2.05) is 6.92 Å². The maximum absolute atomic E-state index is 11.7. The Morgan fingerprint density at radius 2 is 2.36 bits per heavy atom. The molecule has 14 heavy (non-hydrogen) atoms. The van der Waals surface area contributed by atoms with Crippen LogP contribution in [0.3, 0.4) is 0 Å². The maximum atomic E-state index is 11.7. The summed E-state index contributed by atoms with van der Waals surface area (Å²) in [5.41, 5.74) is 0.859. The summed E-state index contributed by atoms with van der Waals surface area (Å²) in [5.74, 6) is 0.327. The third-order valence-corrected chi connectivity index (χ3v) is 3.84. The molecule has 0 spiro atoms. The Morgan fingerprint density at radius 3 is 3.14 bits per heavy atom. The molecule has 0 aromatic carbocycles. The second-order valence-corrected chi connectivity index (χ2v) is 5.38. The smallest absolute Gasteiger partial charge is 0.242 e. The van der Waals surface area contributed by atoms with Crippen LogP contribution in [0.25, 0.3) is 0 Å². The van der Waals surface area contributed by atoms with E-state index in [2.05, 4.69) is 9.71 Å². The van der Waals surface area contributed by atoms with Crippen LogP contribution in [0.1, 0.15) is 12.5 Å². The molecule has 0 unspecified atom stereocenters. The summed E-state index contributed by atoms with van der Waals surface area (Å²) < 4.78 is 25.9. The number of pyridine rings is 1. The van der Waals surface area contributed by atoms with Crippen LogP contribution in [0.15, 0.2) is 23.4 Å². The van der Waals surface area contributed by atoms with Gasteiger partial charge in [0.25, 0.3) is 0 Å². The summed E-state index contributed by atoms with van der Waals surface area (Å²) in [6, 6.07) is 1.77. The molecule has 1 N–H and O–H groups in total. The van der Waals surface area contributed by atoms with Crippen molar-refractivity contribution >= 4 is 10.0 Å². The van der Waals surface area contributed by atoms with Gasteiger partial charge in [0.15, 0.2) is 0 Å². The molecular weight excluding hydrogens is 200 g/mol. The van der Waals surface area contributed by atoms with Crippen LogP contribution in [0.5, 0.6) is 0 Å². The third kappa shape index (κ3) is 1.65. The van der Waals surface area contributed by atoms with Crippen molar-refractivity contribution in [2.45, 2.75) is 18.2 Å². The molecule has 0 aliphatic carbocycles. The standard InChI is InChI=1S/C9H12N2O2S/c1-7-4-8-2-3-10-6-9(8)14(12,13)11-5-7/h2-3,6-7,11H,4-5H2,1H3/t7-/m1/s1. The fraction of sp³-hybridized carbons (Fsp3) is 0.444. The van der Waals surface area contributed by atoms with Crippen LogP contribution in [-0.4, -0.2) is 19.9 Å². The van der Waals surface area contributed by atoms with E-state index in [1.165, 1.54) is 6.20 Å². The SMILES string of the molecule is C[C@H]1CNS(=O)(=O)c2cnccc2C1. The van der Waals surface area contributed by atoms with Crippen molar-refractivity contribution in [2.75, 3.05) is 6.54 Å². The third-order valence-electron chi connectivity index (χ3n) is 2.35. The van der Waals surface area contributed by atoms with Gasteiger partial charge >= 0.3 is 0 Å². The Balaban J connectivity index is 2.58. The van der Waals surface area contributed by atoms with E-state index in [-0.39, 0.29) is 0 Å². The molecule has 0 saturated heterocycles. The van der Waals surface area contributed by atoms with Crippen LogP contribution >= 0.6 is 0 Å². The molecule has 0 saturated carbocycles. The van der Waals surface area contributed by atoms with Crippen LogP contribution in [0, 0.1) is 5.92 Å². The first-order valence-corrected chi connectivity index (χ1v) is 6.00. The predicted molar refractivity (Wildman–Crippen MR) is 52.3 cm³/mol. The lowest BCUT2D eigenvalue weighted by Gasteiger charge is -2.04. The Hall–Kier alpha value is -0.940. The van der Waals surface area contributed by atoms with Crippen molar-refractivity contribution in [3.63, 3.8) is 0 Å². The predicted octanol–water partition coefficient (Wildman–Crippen LogP) is 0.552. The second-order valence-electron chi connectivity index (χ2n) is 3.64. The van der Waals surface area contributed by atoms with E-state index in [0.717, 1.165) is 12.0 Å². The molecule has 1 aliphatic rings. The summed E-state index contributed by atoms with van der Waals surface area (Å²) in [5, 5.41) is 0. The minimum atomic E-state index is -3.32. The zero-order chi connectivity index (χ0) is 10.2. The van der Waals surface area contributed by atoms with E-state index in [0.29, 0.717) is 17.4 Å².